The Kier molecular flexibility index (Phi) is 7.11. The zero-order valence-corrected chi connectivity index (χ0v) is 17.4. The molecule has 146 valence electrons. The summed E-state index contributed by atoms with van der Waals surface area (Å²) in [5.74, 6) is -0.355. The van der Waals surface area contributed by atoms with Crippen LogP contribution < -0.4 is 14.8 Å². The van der Waals surface area contributed by atoms with Gasteiger partial charge in [0.2, 0.25) is 10.0 Å². The molecule has 2 N–H and O–H groups in total. The zero-order valence-electron chi connectivity index (χ0n) is 15.0. The summed E-state index contributed by atoms with van der Waals surface area (Å²) in [6.07, 6.45) is 0. The molecule has 0 unspecified atom stereocenters. The smallest absolute Gasteiger partial charge is 0.255 e. The van der Waals surface area contributed by atoms with Crippen molar-refractivity contribution in [1.82, 2.24) is 4.72 Å². The summed E-state index contributed by atoms with van der Waals surface area (Å²) in [5.41, 5.74) is 0.464. The van der Waals surface area contributed by atoms with Crippen LogP contribution in [0.2, 0.25) is 10.0 Å². The van der Waals surface area contributed by atoms with Gasteiger partial charge in [-0.2, -0.15) is 0 Å². The van der Waals surface area contributed by atoms with Gasteiger partial charge in [-0.15, -0.1) is 0 Å². The number of hydrogen-bond donors (Lipinski definition) is 2. The van der Waals surface area contributed by atoms with Crippen LogP contribution in [0, 0.1) is 0 Å². The number of nitrogens with one attached hydrogen (secondary N) is 2. The van der Waals surface area contributed by atoms with Gasteiger partial charge < -0.3 is 10.1 Å². The predicted octanol–water partition coefficient (Wildman–Crippen LogP) is 4.33. The fourth-order valence-corrected chi connectivity index (χ4v) is 4.05. The van der Waals surface area contributed by atoms with Gasteiger partial charge in [0.1, 0.15) is 10.6 Å². The molecule has 0 fully saturated rings. The van der Waals surface area contributed by atoms with E-state index in [2.05, 4.69) is 10.0 Å². The number of halogens is 2. The number of carbonyl (C=O) groups is 1. The number of carbonyl (C=O) groups excluding carboxylic acids is 1. The van der Waals surface area contributed by atoms with Gasteiger partial charge >= 0.3 is 0 Å². The maximum Gasteiger partial charge on any atom is 0.255 e. The molecule has 2 aromatic carbocycles. The zero-order chi connectivity index (χ0) is 20.2. The van der Waals surface area contributed by atoms with Crippen LogP contribution in [0.15, 0.2) is 41.3 Å². The van der Waals surface area contributed by atoms with Crippen molar-refractivity contribution in [1.29, 1.82) is 0 Å². The molecule has 6 nitrogen and oxygen atoms in total. The molecule has 0 saturated heterocycles. The van der Waals surface area contributed by atoms with E-state index in [4.69, 9.17) is 27.9 Å². The van der Waals surface area contributed by atoms with E-state index < -0.39 is 15.9 Å². The monoisotopic (exact) mass is 430 g/mol. The largest absolute Gasteiger partial charge is 0.492 e. The molecule has 0 aliphatic rings. The van der Waals surface area contributed by atoms with Gasteiger partial charge in [-0.05, 0) is 57.2 Å². The highest BCUT2D eigenvalue weighted by atomic mass is 35.5. The summed E-state index contributed by atoms with van der Waals surface area (Å²) in [4.78, 5) is 12.5. The van der Waals surface area contributed by atoms with Gasteiger partial charge in [-0.25, -0.2) is 13.1 Å². The van der Waals surface area contributed by atoms with E-state index in [1.165, 1.54) is 24.3 Å². The molecule has 2 aromatic rings. The molecule has 0 atom stereocenters. The topological polar surface area (TPSA) is 84.5 Å². The van der Waals surface area contributed by atoms with Crippen molar-refractivity contribution >= 4 is 44.8 Å². The van der Waals surface area contributed by atoms with Gasteiger partial charge in [-0.1, -0.05) is 23.2 Å². The Morgan fingerprint density at radius 1 is 1.15 bits per heavy atom. The molecule has 2 rings (SSSR count). The maximum absolute atomic E-state index is 12.6. The first-order chi connectivity index (χ1) is 12.6. The summed E-state index contributed by atoms with van der Waals surface area (Å²) in [7, 11) is -3.86. The molecule has 0 bridgehead atoms. The SMILES string of the molecule is CCOc1ccc(C(=O)Nc2cc(Cl)ccc2Cl)cc1S(=O)(=O)NC(C)C. The molecule has 0 saturated carbocycles. The van der Waals surface area contributed by atoms with E-state index in [0.29, 0.717) is 15.7 Å². The first-order valence-corrected chi connectivity index (χ1v) is 10.4. The van der Waals surface area contributed by atoms with Crippen LogP contribution in [0.3, 0.4) is 0 Å². The first-order valence-electron chi connectivity index (χ1n) is 8.19. The van der Waals surface area contributed by atoms with E-state index in [1.807, 2.05) is 0 Å². The third kappa shape index (κ3) is 5.59. The van der Waals surface area contributed by atoms with Crippen LogP contribution in [0.4, 0.5) is 5.69 Å². The minimum atomic E-state index is -3.86. The van der Waals surface area contributed by atoms with Gasteiger partial charge in [-0.3, -0.25) is 4.79 Å². The molecule has 0 aliphatic carbocycles. The molecule has 1 amide bonds. The van der Waals surface area contributed by atoms with Crippen molar-refractivity contribution in [2.45, 2.75) is 31.7 Å². The van der Waals surface area contributed by atoms with Gasteiger partial charge in [0.25, 0.3) is 5.91 Å². The molecule has 27 heavy (non-hydrogen) atoms. The molecule has 9 heteroatoms. The minimum Gasteiger partial charge on any atom is -0.492 e. The molecular formula is C18H20Cl2N2O4S. The molecular weight excluding hydrogens is 411 g/mol. The molecule has 0 aromatic heterocycles. The fraction of sp³-hybridized carbons (Fsp3) is 0.278. The van der Waals surface area contributed by atoms with E-state index >= 15 is 0 Å². The third-order valence-corrected chi connectivity index (χ3v) is 5.61. The highest BCUT2D eigenvalue weighted by molar-refractivity contribution is 7.89. The van der Waals surface area contributed by atoms with Crippen LogP contribution in [0.25, 0.3) is 0 Å². The lowest BCUT2D eigenvalue weighted by Gasteiger charge is -2.15. The van der Waals surface area contributed by atoms with E-state index in [9.17, 15) is 13.2 Å². The quantitative estimate of drug-likeness (QED) is 0.684. The number of hydrogen-bond acceptors (Lipinski definition) is 4. The molecule has 0 heterocycles. The van der Waals surface area contributed by atoms with E-state index in [0.717, 1.165) is 0 Å². The van der Waals surface area contributed by atoms with Crippen LogP contribution in [-0.2, 0) is 10.0 Å². The van der Waals surface area contributed by atoms with Crippen LogP contribution >= 0.6 is 23.2 Å². The number of anilines is 1. The Morgan fingerprint density at radius 3 is 2.48 bits per heavy atom. The summed E-state index contributed by atoms with van der Waals surface area (Å²) in [6, 6.07) is 8.55. The minimum absolute atomic E-state index is 0.108. The second kappa shape index (κ2) is 8.93. The van der Waals surface area contributed by atoms with Crippen molar-refractivity contribution in [2.24, 2.45) is 0 Å². The van der Waals surface area contributed by atoms with Crippen molar-refractivity contribution in [3.63, 3.8) is 0 Å². The number of rotatable bonds is 7. The highest BCUT2D eigenvalue weighted by Crippen LogP contribution is 2.28. The maximum atomic E-state index is 12.6. The standard InChI is InChI=1S/C18H20Cl2N2O4S/c1-4-26-16-8-5-12(9-17(16)27(24,25)22-11(2)3)18(23)21-15-10-13(19)6-7-14(15)20/h5-11,22H,4H2,1-3H3,(H,21,23). The highest BCUT2D eigenvalue weighted by Gasteiger charge is 2.23. The van der Waals surface area contributed by atoms with E-state index in [-0.39, 0.29) is 28.9 Å². The van der Waals surface area contributed by atoms with Gasteiger partial charge in [0, 0.05) is 16.6 Å². The molecule has 0 aliphatic heterocycles. The Balaban J connectivity index is 2.41. The lowest BCUT2D eigenvalue weighted by molar-refractivity contribution is 0.102. The number of amides is 1. The Labute approximate surface area is 168 Å². The lowest BCUT2D eigenvalue weighted by atomic mass is 10.2. The van der Waals surface area contributed by atoms with Crippen molar-refractivity contribution in [3.8, 4) is 5.75 Å². The van der Waals surface area contributed by atoms with Crippen LogP contribution in [-0.4, -0.2) is 27.0 Å². The first kappa shape index (κ1) is 21.5. The Bertz CT molecular complexity index is 946. The predicted molar refractivity (Wildman–Crippen MR) is 107 cm³/mol. The Hall–Kier alpha value is -1.80. The van der Waals surface area contributed by atoms with Crippen molar-refractivity contribution < 1.29 is 17.9 Å². The van der Waals surface area contributed by atoms with Crippen molar-refractivity contribution in [2.75, 3.05) is 11.9 Å². The normalized spacial score (nSPS) is 11.5. The van der Waals surface area contributed by atoms with E-state index in [1.54, 1.807) is 32.9 Å². The van der Waals surface area contributed by atoms with Crippen molar-refractivity contribution in [3.05, 3.63) is 52.0 Å². The number of sulfonamides is 1. The Morgan fingerprint density at radius 2 is 1.85 bits per heavy atom. The summed E-state index contributed by atoms with van der Waals surface area (Å²) in [6.45, 7) is 5.44. The van der Waals surface area contributed by atoms with Gasteiger partial charge in [0.05, 0.1) is 17.3 Å². The second-order valence-corrected chi connectivity index (χ2v) is 8.47. The molecule has 0 spiro atoms. The summed E-state index contributed by atoms with van der Waals surface area (Å²) >= 11 is 12.0. The van der Waals surface area contributed by atoms with Gasteiger partial charge in [0.15, 0.2) is 0 Å². The fourth-order valence-electron chi connectivity index (χ4n) is 2.30. The summed E-state index contributed by atoms with van der Waals surface area (Å²) < 4.78 is 33.1. The number of benzene rings is 2. The van der Waals surface area contributed by atoms with Crippen LogP contribution in [0.1, 0.15) is 31.1 Å². The number of ether oxygens (including phenoxy) is 1. The molecule has 0 radical (unpaired) electrons. The second-order valence-electron chi connectivity index (χ2n) is 5.95. The third-order valence-electron chi connectivity index (χ3n) is 3.36. The average Bonchev–Trinajstić information content (AvgIpc) is 2.57. The lowest BCUT2D eigenvalue weighted by Crippen LogP contribution is -2.30. The van der Waals surface area contributed by atoms with Crippen LogP contribution in [0.5, 0.6) is 5.75 Å². The average molecular weight is 431 g/mol. The summed E-state index contributed by atoms with van der Waals surface area (Å²) in [5, 5.41) is 3.35.